The maximum absolute atomic E-state index is 14.4. The van der Waals surface area contributed by atoms with Gasteiger partial charge >= 0.3 is 0 Å². The SMILES string of the molecule is Cc1ccc(OC(C)C)c(-c2ccc(C(=O)N3CCN(C)CCCN(C(=O)CC(C)C)c4ccccc4C3)c(C(C)C)n2)c1. The van der Waals surface area contributed by atoms with Gasteiger partial charge in [-0.3, -0.25) is 14.6 Å². The van der Waals surface area contributed by atoms with Crippen molar-refractivity contribution in [1.29, 1.82) is 0 Å². The number of benzene rings is 2. The highest BCUT2D eigenvalue weighted by Gasteiger charge is 2.26. The van der Waals surface area contributed by atoms with Crippen LogP contribution in [0, 0.1) is 12.8 Å². The molecule has 2 amide bonds. The quantitative estimate of drug-likeness (QED) is 0.285. The van der Waals surface area contributed by atoms with Gasteiger partial charge in [-0.15, -0.1) is 0 Å². The first kappa shape index (κ1) is 33.2. The minimum absolute atomic E-state index is 0.0316. The summed E-state index contributed by atoms with van der Waals surface area (Å²) in [5.74, 6) is 1.18. The van der Waals surface area contributed by atoms with Crippen molar-refractivity contribution in [2.75, 3.05) is 38.1 Å². The zero-order valence-corrected chi connectivity index (χ0v) is 27.9. The Morgan fingerprint density at radius 2 is 1.66 bits per heavy atom. The fourth-order valence-electron chi connectivity index (χ4n) is 5.72. The summed E-state index contributed by atoms with van der Waals surface area (Å²) in [4.78, 5) is 39.1. The number of aromatic nitrogens is 1. The Labute approximate surface area is 264 Å². The molecule has 0 unspecified atom stereocenters. The molecule has 0 aliphatic carbocycles. The minimum Gasteiger partial charge on any atom is -0.490 e. The van der Waals surface area contributed by atoms with E-state index < -0.39 is 0 Å². The molecular formula is C37H50N4O3. The third kappa shape index (κ3) is 8.26. The van der Waals surface area contributed by atoms with Crippen molar-refractivity contribution in [3.63, 3.8) is 0 Å². The molecule has 44 heavy (non-hydrogen) atoms. The summed E-state index contributed by atoms with van der Waals surface area (Å²) in [7, 11) is 2.09. The molecule has 1 aromatic heterocycles. The van der Waals surface area contributed by atoms with Crippen LogP contribution in [-0.4, -0.2) is 65.9 Å². The number of likely N-dealkylation sites (N-methyl/N-ethyl adjacent to an activating group) is 1. The highest BCUT2D eigenvalue weighted by atomic mass is 16.5. The third-order valence-corrected chi connectivity index (χ3v) is 7.96. The van der Waals surface area contributed by atoms with Crippen LogP contribution in [0.3, 0.4) is 0 Å². The first-order valence-corrected chi connectivity index (χ1v) is 16.1. The molecule has 0 spiro atoms. The van der Waals surface area contributed by atoms with E-state index in [1.165, 1.54) is 0 Å². The van der Waals surface area contributed by atoms with Gasteiger partial charge in [0.15, 0.2) is 0 Å². The number of amides is 2. The second-order valence-corrected chi connectivity index (χ2v) is 13.1. The molecule has 0 atom stereocenters. The molecule has 7 heteroatoms. The van der Waals surface area contributed by atoms with Gasteiger partial charge in [-0.05, 0) is 88.5 Å². The van der Waals surface area contributed by atoms with Gasteiger partial charge in [0.05, 0.1) is 23.1 Å². The molecule has 236 valence electrons. The second kappa shape index (κ2) is 14.8. The van der Waals surface area contributed by atoms with Gasteiger partial charge in [0.2, 0.25) is 5.91 Å². The lowest BCUT2D eigenvalue weighted by Crippen LogP contribution is -2.38. The maximum atomic E-state index is 14.4. The third-order valence-electron chi connectivity index (χ3n) is 7.96. The normalized spacial score (nSPS) is 15.0. The fraction of sp³-hybridized carbons (Fsp3) is 0.486. The van der Waals surface area contributed by atoms with Gasteiger partial charge in [-0.2, -0.15) is 0 Å². The Kier molecular flexibility index (Phi) is 11.2. The van der Waals surface area contributed by atoms with Gasteiger partial charge in [-0.25, -0.2) is 0 Å². The standard InChI is InChI=1S/C37H50N4O3/c1-25(2)22-35(42)41-19-11-18-39(8)20-21-40(24-29-12-9-10-13-33(29)41)37(43)30-15-16-32(38-36(30)26(3)4)31-23-28(7)14-17-34(31)44-27(5)6/h9-10,12-17,23,25-27H,11,18-22,24H2,1-8H3. The molecular weight excluding hydrogens is 548 g/mol. The van der Waals surface area contributed by atoms with Crippen LogP contribution in [0.25, 0.3) is 11.3 Å². The van der Waals surface area contributed by atoms with Crippen LogP contribution in [0.2, 0.25) is 0 Å². The largest absolute Gasteiger partial charge is 0.490 e. The first-order chi connectivity index (χ1) is 20.9. The molecule has 0 saturated heterocycles. The minimum atomic E-state index is -0.0434. The van der Waals surface area contributed by atoms with Crippen LogP contribution >= 0.6 is 0 Å². The predicted molar refractivity (Wildman–Crippen MR) is 179 cm³/mol. The predicted octanol–water partition coefficient (Wildman–Crippen LogP) is 7.32. The van der Waals surface area contributed by atoms with E-state index in [1.807, 2.05) is 72.2 Å². The van der Waals surface area contributed by atoms with E-state index in [0.29, 0.717) is 31.6 Å². The van der Waals surface area contributed by atoms with Crippen molar-refractivity contribution in [3.8, 4) is 17.0 Å². The van der Waals surface area contributed by atoms with E-state index in [4.69, 9.17) is 9.72 Å². The summed E-state index contributed by atoms with van der Waals surface area (Å²) in [5, 5.41) is 0. The van der Waals surface area contributed by atoms with E-state index in [-0.39, 0.29) is 29.8 Å². The highest BCUT2D eigenvalue weighted by Crippen LogP contribution is 2.33. The smallest absolute Gasteiger partial charge is 0.256 e. The highest BCUT2D eigenvalue weighted by molar-refractivity contribution is 5.97. The summed E-state index contributed by atoms with van der Waals surface area (Å²) in [6.45, 7) is 17.7. The number of anilines is 1. The molecule has 0 radical (unpaired) electrons. The summed E-state index contributed by atoms with van der Waals surface area (Å²) in [5.41, 5.74) is 6.11. The molecule has 4 rings (SSSR count). The number of carbonyl (C=O) groups is 2. The molecule has 2 heterocycles. The molecule has 1 aliphatic rings. The van der Waals surface area contributed by atoms with E-state index in [0.717, 1.165) is 59.0 Å². The lowest BCUT2D eigenvalue weighted by atomic mass is 9.99. The van der Waals surface area contributed by atoms with Crippen LogP contribution in [0.5, 0.6) is 5.75 Å². The van der Waals surface area contributed by atoms with Crippen LogP contribution in [0.15, 0.2) is 54.6 Å². The molecule has 0 fully saturated rings. The number of carbonyl (C=O) groups excluding carboxylic acids is 2. The Hall–Kier alpha value is -3.71. The van der Waals surface area contributed by atoms with E-state index in [9.17, 15) is 9.59 Å². The lowest BCUT2D eigenvalue weighted by molar-refractivity contribution is -0.119. The number of hydrogen-bond acceptors (Lipinski definition) is 5. The number of para-hydroxylation sites is 1. The van der Waals surface area contributed by atoms with Crippen LogP contribution in [0.1, 0.15) is 87.5 Å². The number of hydrogen-bond donors (Lipinski definition) is 0. The van der Waals surface area contributed by atoms with E-state index >= 15 is 0 Å². The topological polar surface area (TPSA) is 66.0 Å². The molecule has 7 nitrogen and oxygen atoms in total. The Balaban J connectivity index is 1.74. The van der Waals surface area contributed by atoms with E-state index in [1.54, 1.807) is 0 Å². The van der Waals surface area contributed by atoms with Crippen molar-refractivity contribution in [1.82, 2.24) is 14.8 Å². The number of pyridine rings is 1. The van der Waals surface area contributed by atoms with Crippen LogP contribution in [-0.2, 0) is 11.3 Å². The summed E-state index contributed by atoms with van der Waals surface area (Å²) < 4.78 is 6.13. The van der Waals surface area contributed by atoms with Gasteiger partial charge in [0.25, 0.3) is 5.91 Å². The molecule has 2 aromatic carbocycles. The maximum Gasteiger partial charge on any atom is 0.256 e. The molecule has 1 aliphatic heterocycles. The van der Waals surface area contributed by atoms with Crippen LogP contribution < -0.4 is 9.64 Å². The van der Waals surface area contributed by atoms with Gasteiger partial charge < -0.3 is 19.4 Å². The summed E-state index contributed by atoms with van der Waals surface area (Å²) in [6, 6.07) is 18.1. The monoisotopic (exact) mass is 598 g/mol. The first-order valence-electron chi connectivity index (χ1n) is 16.1. The van der Waals surface area contributed by atoms with Gasteiger partial charge in [0, 0.05) is 43.9 Å². The van der Waals surface area contributed by atoms with Crippen molar-refractivity contribution in [2.24, 2.45) is 5.92 Å². The number of aryl methyl sites for hydroxylation is 1. The number of ether oxygens (including phenoxy) is 1. The average molecular weight is 599 g/mol. The average Bonchev–Trinajstić information content (AvgIpc) is 3.00. The second-order valence-electron chi connectivity index (χ2n) is 13.1. The van der Waals surface area contributed by atoms with Crippen molar-refractivity contribution < 1.29 is 14.3 Å². The Bertz CT molecular complexity index is 1450. The van der Waals surface area contributed by atoms with Crippen molar-refractivity contribution >= 4 is 17.5 Å². The van der Waals surface area contributed by atoms with E-state index in [2.05, 4.69) is 52.6 Å². The lowest BCUT2D eigenvalue weighted by Gasteiger charge is -2.29. The summed E-state index contributed by atoms with van der Waals surface area (Å²) >= 11 is 0. The number of fused-ring (bicyclic) bond motifs is 1. The van der Waals surface area contributed by atoms with Crippen LogP contribution in [0.4, 0.5) is 5.69 Å². The van der Waals surface area contributed by atoms with Gasteiger partial charge in [0.1, 0.15) is 5.75 Å². The number of rotatable bonds is 7. The molecule has 0 bridgehead atoms. The fourth-order valence-corrected chi connectivity index (χ4v) is 5.72. The number of nitrogens with zero attached hydrogens (tertiary/aromatic N) is 4. The Morgan fingerprint density at radius 1 is 0.909 bits per heavy atom. The zero-order chi connectivity index (χ0) is 32.0. The molecule has 0 saturated carbocycles. The molecule has 0 N–H and O–H groups in total. The summed E-state index contributed by atoms with van der Waals surface area (Å²) in [6.07, 6.45) is 1.39. The van der Waals surface area contributed by atoms with Gasteiger partial charge in [-0.1, -0.05) is 57.5 Å². The Morgan fingerprint density at radius 3 is 2.36 bits per heavy atom. The van der Waals surface area contributed by atoms with Crippen molar-refractivity contribution in [2.45, 2.75) is 79.9 Å². The zero-order valence-electron chi connectivity index (χ0n) is 27.9. The molecule has 3 aromatic rings. The van der Waals surface area contributed by atoms with Crippen molar-refractivity contribution in [3.05, 3.63) is 77.0 Å².